The number of aromatic carboxylic acids is 1. The zero-order valence-corrected chi connectivity index (χ0v) is 15.7. The molecule has 0 aromatic heterocycles. The summed E-state index contributed by atoms with van der Waals surface area (Å²) in [6, 6.07) is 14.0. The normalized spacial score (nSPS) is 17.0. The van der Waals surface area contributed by atoms with Crippen LogP contribution in [0.4, 0.5) is 0 Å². The van der Waals surface area contributed by atoms with Gasteiger partial charge in [0.25, 0.3) is 5.91 Å². The number of carboxylic acid groups (broad SMARTS) is 1. The van der Waals surface area contributed by atoms with Crippen molar-refractivity contribution in [3.05, 3.63) is 70.1 Å². The number of benzene rings is 2. The summed E-state index contributed by atoms with van der Waals surface area (Å²) in [6.07, 6.45) is 1.78. The van der Waals surface area contributed by atoms with Crippen molar-refractivity contribution in [3.63, 3.8) is 0 Å². The van der Waals surface area contributed by atoms with Crippen molar-refractivity contribution in [1.82, 2.24) is 4.90 Å². The minimum atomic E-state index is -0.976. The lowest BCUT2D eigenvalue weighted by Gasteiger charge is -2.10. The van der Waals surface area contributed by atoms with E-state index >= 15 is 0 Å². The number of hydrogen-bond acceptors (Lipinski definition) is 5. The fourth-order valence-electron chi connectivity index (χ4n) is 2.58. The first-order chi connectivity index (χ1) is 13.0. The van der Waals surface area contributed by atoms with E-state index in [1.54, 1.807) is 32.3 Å². The number of amidine groups is 1. The van der Waals surface area contributed by atoms with Crippen LogP contribution in [0.1, 0.15) is 21.5 Å². The molecule has 0 radical (unpaired) electrons. The summed E-state index contributed by atoms with van der Waals surface area (Å²) >= 11 is 1.32. The van der Waals surface area contributed by atoms with Crippen LogP contribution < -0.4 is 4.74 Å². The quantitative estimate of drug-likeness (QED) is 0.801. The Balaban J connectivity index is 1.81. The predicted octanol–water partition coefficient (Wildman–Crippen LogP) is 3.50. The van der Waals surface area contributed by atoms with Crippen molar-refractivity contribution < 1.29 is 19.4 Å². The molecule has 2 aromatic rings. The van der Waals surface area contributed by atoms with E-state index in [9.17, 15) is 9.59 Å². The molecule has 1 aliphatic heterocycles. The third-order valence-electron chi connectivity index (χ3n) is 3.97. The summed E-state index contributed by atoms with van der Waals surface area (Å²) in [6.45, 7) is 0.226. The Morgan fingerprint density at radius 2 is 2.04 bits per heavy atom. The standard InChI is InChI=1S/C20H18N2O4S/c1-21-20-22(2)18(23)17(27-20)11-14-7-3-4-9-16(14)26-12-13-6-5-8-15(10-13)19(24)25/h3-11H,12H2,1-2H3,(H,24,25)/b17-11-,21-20?. The van der Waals surface area contributed by atoms with E-state index in [0.29, 0.717) is 15.8 Å². The summed E-state index contributed by atoms with van der Waals surface area (Å²) in [4.78, 5) is 29.6. The molecule has 2 aromatic carbocycles. The van der Waals surface area contributed by atoms with Gasteiger partial charge in [0.15, 0.2) is 5.17 Å². The van der Waals surface area contributed by atoms with E-state index in [1.165, 1.54) is 22.7 Å². The second-order valence-corrected chi connectivity index (χ2v) is 6.82. The fourth-order valence-corrected chi connectivity index (χ4v) is 3.50. The van der Waals surface area contributed by atoms with Gasteiger partial charge in [0.2, 0.25) is 0 Å². The van der Waals surface area contributed by atoms with Crippen molar-refractivity contribution >= 4 is 34.9 Å². The average Bonchev–Trinajstić information content (AvgIpc) is 2.95. The molecule has 1 aliphatic rings. The summed E-state index contributed by atoms with van der Waals surface area (Å²) < 4.78 is 5.88. The molecule has 1 fully saturated rings. The molecule has 0 unspecified atom stereocenters. The van der Waals surface area contributed by atoms with Crippen LogP contribution in [0.5, 0.6) is 5.75 Å². The molecular weight excluding hydrogens is 364 g/mol. The summed E-state index contributed by atoms with van der Waals surface area (Å²) in [5, 5.41) is 9.74. The first-order valence-electron chi connectivity index (χ1n) is 8.18. The number of aliphatic imine (C=N–C) groups is 1. The molecule has 1 N–H and O–H groups in total. The van der Waals surface area contributed by atoms with E-state index in [-0.39, 0.29) is 18.1 Å². The third kappa shape index (κ3) is 4.20. The number of carbonyl (C=O) groups excluding carboxylic acids is 1. The van der Waals surface area contributed by atoms with Gasteiger partial charge in [-0.2, -0.15) is 0 Å². The molecule has 1 heterocycles. The van der Waals surface area contributed by atoms with Crippen LogP contribution in [0.2, 0.25) is 0 Å². The highest BCUT2D eigenvalue weighted by Gasteiger charge is 2.29. The second-order valence-electron chi connectivity index (χ2n) is 5.81. The number of amides is 1. The van der Waals surface area contributed by atoms with Crippen molar-refractivity contribution in [3.8, 4) is 5.75 Å². The van der Waals surface area contributed by atoms with Gasteiger partial charge in [-0.25, -0.2) is 4.79 Å². The maximum atomic E-state index is 12.3. The molecule has 0 bridgehead atoms. The average molecular weight is 382 g/mol. The smallest absolute Gasteiger partial charge is 0.335 e. The minimum Gasteiger partial charge on any atom is -0.488 e. The number of para-hydroxylation sites is 1. The second kappa shape index (κ2) is 8.09. The summed E-state index contributed by atoms with van der Waals surface area (Å²) in [7, 11) is 3.34. The zero-order valence-electron chi connectivity index (χ0n) is 14.9. The van der Waals surface area contributed by atoms with Crippen molar-refractivity contribution in [2.75, 3.05) is 14.1 Å². The number of carboxylic acids is 1. The van der Waals surface area contributed by atoms with Gasteiger partial charge in [-0.3, -0.25) is 14.7 Å². The fraction of sp³-hybridized carbons (Fsp3) is 0.150. The Hall–Kier alpha value is -3.06. The molecule has 138 valence electrons. The van der Waals surface area contributed by atoms with E-state index in [1.807, 2.05) is 30.3 Å². The Bertz CT molecular complexity index is 953. The number of rotatable bonds is 5. The van der Waals surface area contributed by atoms with Gasteiger partial charge in [-0.05, 0) is 41.6 Å². The Morgan fingerprint density at radius 1 is 1.26 bits per heavy atom. The Morgan fingerprint density at radius 3 is 2.74 bits per heavy atom. The topological polar surface area (TPSA) is 79.2 Å². The van der Waals surface area contributed by atoms with Gasteiger partial charge in [-0.15, -0.1) is 0 Å². The van der Waals surface area contributed by atoms with Crippen LogP contribution in [0, 0.1) is 0 Å². The molecule has 3 rings (SSSR count). The highest BCUT2D eigenvalue weighted by molar-refractivity contribution is 8.18. The Labute approximate surface area is 161 Å². The van der Waals surface area contributed by atoms with Crippen LogP contribution in [-0.2, 0) is 11.4 Å². The summed E-state index contributed by atoms with van der Waals surface area (Å²) in [5.74, 6) is -0.468. The van der Waals surface area contributed by atoms with Crippen molar-refractivity contribution in [2.24, 2.45) is 4.99 Å². The first-order valence-corrected chi connectivity index (χ1v) is 8.99. The molecule has 0 atom stereocenters. The molecule has 7 heteroatoms. The van der Waals surface area contributed by atoms with Crippen LogP contribution in [-0.4, -0.2) is 41.1 Å². The van der Waals surface area contributed by atoms with Crippen LogP contribution in [0.15, 0.2) is 58.4 Å². The number of likely N-dealkylation sites (N-methyl/N-ethyl adjacent to an activating group) is 1. The summed E-state index contributed by atoms with van der Waals surface area (Å²) in [5.41, 5.74) is 1.74. The van der Waals surface area contributed by atoms with Gasteiger partial charge in [-0.1, -0.05) is 30.3 Å². The van der Waals surface area contributed by atoms with E-state index in [4.69, 9.17) is 9.84 Å². The highest BCUT2D eigenvalue weighted by Crippen LogP contribution is 2.33. The van der Waals surface area contributed by atoms with Crippen molar-refractivity contribution in [1.29, 1.82) is 0 Å². The number of carbonyl (C=O) groups is 2. The zero-order chi connectivity index (χ0) is 19.4. The molecular formula is C20H18N2O4S. The van der Waals surface area contributed by atoms with E-state index < -0.39 is 5.97 Å². The molecule has 0 saturated carbocycles. The first kappa shape index (κ1) is 18.7. The molecule has 6 nitrogen and oxygen atoms in total. The maximum Gasteiger partial charge on any atom is 0.335 e. The minimum absolute atomic E-state index is 0.107. The van der Waals surface area contributed by atoms with Crippen LogP contribution in [0.25, 0.3) is 6.08 Å². The Kier molecular flexibility index (Phi) is 5.61. The van der Waals surface area contributed by atoms with E-state index in [2.05, 4.69) is 4.99 Å². The van der Waals surface area contributed by atoms with Crippen LogP contribution >= 0.6 is 11.8 Å². The van der Waals surface area contributed by atoms with Gasteiger partial charge in [0.05, 0.1) is 10.5 Å². The molecule has 1 amide bonds. The molecule has 1 saturated heterocycles. The molecule has 0 spiro atoms. The van der Waals surface area contributed by atoms with Gasteiger partial charge in [0, 0.05) is 19.7 Å². The van der Waals surface area contributed by atoms with Crippen LogP contribution in [0.3, 0.4) is 0 Å². The van der Waals surface area contributed by atoms with Gasteiger partial charge < -0.3 is 9.84 Å². The number of thioether (sulfide) groups is 1. The predicted molar refractivity (Wildman–Crippen MR) is 106 cm³/mol. The number of nitrogens with zero attached hydrogens (tertiary/aromatic N) is 2. The highest BCUT2D eigenvalue weighted by atomic mass is 32.2. The molecule has 0 aliphatic carbocycles. The lowest BCUT2D eigenvalue weighted by molar-refractivity contribution is -0.121. The van der Waals surface area contributed by atoms with Gasteiger partial charge >= 0.3 is 5.97 Å². The SMILES string of the molecule is CN=C1S/C(=C\c2ccccc2OCc2cccc(C(=O)O)c2)C(=O)N1C. The lowest BCUT2D eigenvalue weighted by atomic mass is 10.1. The van der Waals surface area contributed by atoms with E-state index in [0.717, 1.165) is 11.1 Å². The molecule has 27 heavy (non-hydrogen) atoms. The number of hydrogen-bond donors (Lipinski definition) is 1. The number of ether oxygens (including phenoxy) is 1. The van der Waals surface area contributed by atoms with Gasteiger partial charge in [0.1, 0.15) is 12.4 Å². The third-order valence-corrected chi connectivity index (χ3v) is 5.12. The largest absolute Gasteiger partial charge is 0.488 e. The lowest BCUT2D eigenvalue weighted by Crippen LogP contribution is -2.23. The monoisotopic (exact) mass is 382 g/mol. The maximum absolute atomic E-state index is 12.3. The van der Waals surface area contributed by atoms with Crippen molar-refractivity contribution in [2.45, 2.75) is 6.61 Å².